The Morgan fingerprint density at radius 2 is 2.12 bits per heavy atom. The molecule has 2 unspecified atom stereocenters. The van der Waals surface area contributed by atoms with Crippen molar-refractivity contribution in [1.82, 2.24) is 5.32 Å². The lowest BCUT2D eigenvalue weighted by molar-refractivity contribution is 0.374. The average Bonchev–Trinajstić information content (AvgIpc) is 2.96. The monoisotopic (exact) mass is 227 g/mol. The third kappa shape index (κ3) is 1.89. The summed E-state index contributed by atoms with van der Waals surface area (Å²) >= 11 is 0. The SMILES string of the molecule is CNC1c2ccccc2CC1Cc1ccco1. The summed E-state index contributed by atoms with van der Waals surface area (Å²) in [4.78, 5) is 0. The van der Waals surface area contributed by atoms with E-state index in [2.05, 4.69) is 35.6 Å². The lowest BCUT2D eigenvalue weighted by Gasteiger charge is -2.18. The van der Waals surface area contributed by atoms with Gasteiger partial charge in [-0.05, 0) is 42.6 Å². The quantitative estimate of drug-likeness (QED) is 0.872. The van der Waals surface area contributed by atoms with E-state index in [1.165, 1.54) is 11.1 Å². The Balaban J connectivity index is 1.84. The Morgan fingerprint density at radius 3 is 2.88 bits per heavy atom. The Hall–Kier alpha value is -1.54. The largest absolute Gasteiger partial charge is 0.469 e. The highest BCUT2D eigenvalue weighted by atomic mass is 16.3. The maximum absolute atomic E-state index is 5.46. The molecule has 1 aromatic carbocycles. The van der Waals surface area contributed by atoms with Crippen molar-refractivity contribution in [3.8, 4) is 0 Å². The zero-order valence-corrected chi connectivity index (χ0v) is 10.0. The number of hydrogen-bond acceptors (Lipinski definition) is 2. The minimum Gasteiger partial charge on any atom is -0.469 e. The zero-order valence-electron chi connectivity index (χ0n) is 10.0. The summed E-state index contributed by atoms with van der Waals surface area (Å²) in [7, 11) is 2.04. The number of benzene rings is 1. The van der Waals surface area contributed by atoms with Crippen LogP contribution in [0, 0.1) is 5.92 Å². The molecule has 2 atom stereocenters. The van der Waals surface area contributed by atoms with Crippen LogP contribution in [0.25, 0.3) is 0 Å². The number of nitrogens with one attached hydrogen (secondary N) is 1. The molecule has 1 aromatic heterocycles. The lowest BCUT2D eigenvalue weighted by atomic mass is 9.96. The van der Waals surface area contributed by atoms with Gasteiger partial charge in [-0.1, -0.05) is 24.3 Å². The predicted octanol–water partition coefficient (Wildman–Crippen LogP) is 2.96. The first-order chi connectivity index (χ1) is 8.38. The number of fused-ring (bicyclic) bond motifs is 1. The van der Waals surface area contributed by atoms with E-state index in [1.807, 2.05) is 13.1 Å². The molecular weight excluding hydrogens is 210 g/mol. The number of hydrogen-bond donors (Lipinski definition) is 1. The van der Waals surface area contributed by atoms with Crippen LogP contribution >= 0.6 is 0 Å². The van der Waals surface area contributed by atoms with Gasteiger partial charge in [0.15, 0.2) is 0 Å². The first-order valence-corrected chi connectivity index (χ1v) is 6.16. The van der Waals surface area contributed by atoms with Gasteiger partial charge in [0.1, 0.15) is 5.76 Å². The van der Waals surface area contributed by atoms with Crippen LogP contribution in [-0.2, 0) is 12.8 Å². The van der Waals surface area contributed by atoms with Gasteiger partial charge in [-0.2, -0.15) is 0 Å². The molecule has 3 rings (SSSR count). The first-order valence-electron chi connectivity index (χ1n) is 6.16. The zero-order chi connectivity index (χ0) is 11.7. The third-order valence-electron chi connectivity index (χ3n) is 3.70. The molecule has 0 spiro atoms. The van der Waals surface area contributed by atoms with Gasteiger partial charge in [0.2, 0.25) is 0 Å². The van der Waals surface area contributed by atoms with Gasteiger partial charge >= 0.3 is 0 Å². The molecule has 0 saturated carbocycles. The van der Waals surface area contributed by atoms with E-state index < -0.39 is 0 Å². The van der Waals surface area contributed by atoms with E-state index in [0.29, 0.717) is 12.0 Å². The van der Waals surface area contributed by atoms with Gasteiger partial charge in [0.25, 0.3) is 0 Å². The van der Waals surface area contributed by atoms with Gasteiger partial charge in [-0.15, -0.1) is 0 Å². The fourth-order valence-electron chi connectivity index (χ4n) is 2.95. The van der Waals surface area contributed by atoms with Crippen LogP contribution < -0.4 is 5.32 Å². The molecule has 0 bridgehead atoms. The molecule has 1 N–H and O–H groups in total. The van der Waals surface area contributed by atoms with Crippen molar-refractivity contribution in [3.05, 3.63) is 59.5 Å². The lowest BCUT2D eigenvalue weighted by Crippen LogP contribution is -2.22. The summed E-state index contributed by atoms with van der Waals surface area (Å²) in [6.07, 6.45) is 3.90. The van der Waals surface area contributed by atoms with Crippen molar-refractivity contribution < 1.29 is 4.42 Å². The Morgan fingerprint density at radius 1 is 1.24 bits per heavy atom. The summed E-state index contributed by atoms with van der Waals surface area (Å²) in [5, 5.41) is 3.44. The van der Waals surface area contributed by atoms with E-state index in [-0.39, 0.29) is 0 Å². The summed E-state index contributed by atoms with van der Waals surface area (Å²) < 4.78 is 5.46. The average molecular weight is 227 g/mol. The van der Waals surface area contributed by atoms with Crippen LogP contribution in [0.1, 0.15) is 22.9 Å². The van der Waals surface area contributed by atoms with Crippen LogP contribution in [0.15, 0.2) is 47.1 Å². The molecule has 0 aliphatic heterocycles. The maximum atomic E-state index is 5.46. The van der Waals surface area contributed by atoms with Crippen molar-refractivity contribution in [3.63, 3.8) is 0 Å². The van der Waals surface area contributed by atoms with Crippen LogP contribution in [0.2, 0.25) is 0 Å². The maximum Gasteiger partial charge on any atom is 0.104 e. The molecule has 2 aromatic rings. The van der Waals surface area contributed by atoms with E-state index in [9.17, 15) is 0 Å². The van der Waals surface area contributed by atoms with E-state index in [1.54, 1.807) is 6.26 Å². The molecule has 0 radical (unpaired) electrons. The van der Waals surface area contributed by atoms with E-state index >= 15 is 0 Å². The van der Waals surface area contributed by atoms with Crippen molar-refractivity contribution in [2.75, 3.05) is 7.05 Å². The van der Waals surface area contributed by atoms with Crippen molar-refractivity contribution in [2.24, 2.45) is 5.92 Å². The molecule has 2 nitrogen and oxygen atoms in total. The Labute approximate surface area is 102 Å². The normalized spacial score (nSPS) is 22.6. The van der Waals surface area contributed by atoms with Crippen LogP contribution in [0.4, 0.5) is 0 Å². The number of furan rings is 1. The van der Waals surface area contributed by atoms with Crippen molar-refractivity contribution in [1.29, 1.82) is 0 Å². The molecule has 0 fully saturated rings. The molecule has 17 heavy (non-hydrogen) atoms. The van der Waals surface area contributed by atoms with Gasteiger partial charge in [-0.3, -0.25) is 0 Å². The molecule has 2 heteroatoms. The van der Waals surface area contributed by atoms with Crippen molar-refractivity contribution in [2.45, 2.75) is 18.9 Å². The fourth-order valence-corrected chi connectivity index (χ4v) is 2.95. The first kappa shape index (κ1) is 10.6. The van der Waals surface area contributed by atoms with E-state index in [0.717, 1.165) is 18.6 Å². The Kier molecular flexibility index (Phi) is 2.73. The second kappa shape index (κ2) is 4.38. The molecule has 0 amide bonds. The highest BCUT2D eigenvalue weighted by molar-refractivity contribution is 5.36. The molecular formula is C15H17NO. The van der Waals surface area contributed by atoms with Gasteiger partial charge in [0.05, 0.1) is 6.26 Å². The highest BCUT2D eigenvalue weighted by Crippen LogP contribution is 2.37. The second-order valence-electron chi connectivity index (χ2n) is 4.71. The molecule has 1 aliphatic carbocycles. The molecule has 0 saturated heterocycles. The smallest absolute Gasteiger partial charge is 0.104 e. The molecule has 88 valence electrons. The van der Waals surface area contributed by atoms with Crippen LogP contribution in [-0.4, -0.2) is 7.05 Å². The Bertz CT molecular complexity index is 487. The number of rotatable bonds is 3. The minimum atomic E-state index is 0.455. The van der Waals surface area contributed by atoms with Crippen LogP contribution in [0.3, 0.4) is 0 Å². The van der Waals surface area contributed by atoms with Gasteiger partial charge < -0.3 is 9.73 Å². The standard InChI is InChI=1S/C15H17NO/c1-16-15-12(10-13-6-4-8-17-13)9-11-5-2-3-7-14(11)15/h2-8,12,15-16H,9-10H2,1H3. The van der Waals surface area contributed by atoms with E-state index in [4.69, 9.17) is 4.42 Å². The minimum absolute atomic E-state index is 0.455. The predicted molar refractivity (Wildman–Crippen MR) is 67.8 cm³/mol. The topological polar surface area (TPSA) is 25.2 Å². The fraction of sp³-hybridized carbons (Fsp3) is 0.333. The van der Waals surface area contributed by atoms with Gasteiger partial charge in [0, 0.05) is 12.5 Å². The summed E-state index contributed by atoms with van der Waals surface area (Å²) in [5.41, 5.74) is 2.93. The van der Waals surface area contributed by atoms with Crippen molar-refractivity contribution >= 4 is 0 Å². The molecule has 1 aliphatic rings. The van der Waals surface area contributed by atoms with Gasteiger partial charge in [-0.25, -0.2) is 0 Å². The highest BCUT2D eigenvalue weighted by Gasteiger charge is 2.31. The third-order valence-corrected chi connectivity index (χ3v) is 3.70. The second-order valence-corrected chi connectivity index (χ2v) is 4.71. The summed E-state index contributed by atoms with van der Waals surface area (Å²) in [6, 6.07) is 13.2. The summed E-state index contributed by atoms with van der Waals surface area (Å²) in [5.74, 6) is 1.69. The van der Waals surface area contributed by atoms with Crippen LogP contribution in [0.5, 0.6) is 0 Å². The summed E-state index contributed by atoms with van der Waals surface area (Å²) in [6.45, 7) is 0. The molecule has 1 heterocycles.